The third-order valence-electron chi connectivity index (χ3n) is 5.38. The van der Waals surface area contributed by atoms with E-state index < -0.39 is 0 Å². The van der Waals surface area contributed by atoms with E-state index in [1.807, 2.05) is 12.1 Å². The van der Waals surface area contributed by atoms with Crippen molar-refractivity contribution in [2.24, 2.45) is 5.92 Å². The van der Waals surface area contributed by atoms with Crippen molar-refractivity contribution in [1.29, 1.82) is 0 Å². The molecule has 2 N–H and O–H groups in total. The average Bonchev–Trinajstić information content (AvgIpc) is 2.84. The maximum absolute atomic E-state index is 12.3. The van der Waals surface area contributed by atoms with E-state index in [9.17, 15) is 4.79 Å². The lowest BCUT2D eigenvalue weighted by Gasteiger charge is -2.30. The Balaban J connectivity index is 1.50. The molecule has 126 valence electrons. The average molecular weight is 379 g/mol. The van der Waals surface area contributed by atoms with Crippen LogP contribution in [0, 0.1) is 5.92 Å². The number of hydrogen-bond donors (Lipinski definition) is 2. The first-order chi connectivity index (χ1) is 10.9. The molecule has 2 saturated heterocycles. The Morgan fingerprint density at radius 3 is 2.65 bits per heavy atom. The SMILES string of the molecule is CC(C)(CNC(=O)CC1CC2CCC(C1)N2)c1cccc(Br)c1. The second-order valence-electron chi connectivity index (χ2n) is 7.85. The molecule has 1 aromatic carbocycles. The van der Waals surface area contributed by atoms with Crippen molar-refractivity contribution in [2.75, 3.05) is 6.54 Å². The molecule has 0 saturated carbocycles. The van der Waals surface area contributed by atoms with E-state index in [-0.39, 0.29) is 11.3 Å². The minimum absolute atomic E-state index is 0.0629. The Morgan fingerprint density at radius 2 is 2.00 bits per heavy atom. The van der Waals surface area contributed by atoms with Crippen LogP contribution in [0.2, 0.25) is 0 Å². The summed E-state index contributed by atoms with van der Waals surface area (Å²) in [7, 11) is 0. The summed E-state index contributed by atoms with van der Waals surface area (Å²) < 4.78 is 1.08. The van der Waals surface area contributed by atoms with Crippen LogP contribution in [0.15, 0.2) is 28.7 Å². The number of piperidine rings is 1. The largest absolute Gasteiger partial charge is 0.355 e. The Kier molecular flexibility index (Phi) is 5.12. The first-order valence-electron chi connectivity index (χ1n) is 8.71. The van der Waals surface area contributed by atoms with Crippen LogP contribution in [0.25, 0.3) is 0 Å². The molecule has 0 aliphatic carbocycles. The highest BCUT2D eigenvalue weighted by Crippen LogP contribution is 2.32. The van der Waals surface area contributed by atoms with Crippen molar-refractivity contribution >= 4 is 21.8 Å². The number of rotatable bonds is 5. The van der Waals surface area contributed by atoms with Crippen LogP contribution in [0.5, 0.6) is 0 Å². The van der Waals surface area contributed by atoms with E-state index >= 15 is 0 Å². The summed E-state index contributed by atoms with van der Waals surface area (Å²) in [6.07, 6.45) is 5.60. The predicted molar refractivity (Wildman–Crippen MR) is 97.5 cm³/mol. The van der Waals surface area contributed by atoms with Gasteiger partial charge in [-0.2, -0.15) is 0 Å². The van der Waals surface area contributed by atoms with Gasteiger partial charge in [0.15, 0.2) is 0 Å². The van der Waals surface area contributed by atoms with E-state index in [0.717, 1.165) is 4.47 Å². The molecule has 1 aromatic rings. The highest BCUT2D eigenvalue weighted by atomic mass is 79.9. The van der Waals surface area contributed by atoms with Crippen molar-refractivity contribution in [2.45, 2.75) is 63.5 Å². The van der Waals surface area contributed by atoms with E-state index in [1.165, 1.54) is 31.2 Å². The molecular formula is C19H27BrN2O. The van der Waals surface area contributed by atoms with Gasteiger partial charge in [0.05, 0.1) is 0 Å². The first-order valence-corrected chi connectivity index (χ1v) is 9.50. The van der Waals surface area contributed by atoms with Gasteiger partial charge in [0.1, 0.15) is 0 Å². The lowest BCUT2D eigenvalue weighted by molar-refractivity contribution is -0.122. The monoisotopic (exact) mass is 378 g/mol. The molecule has 0 aromatic heterocycles. The molecule has 2 fully saturated rings. The van der Waals surface area contributed by atoms with Gasteiger partial charge in [-0.05, 0) is 49.3 Å². The molecular weight excluding hydrogens is 352 g/mol. The number of nitrogens with one attached hydrogen (secondary N) is 2. The van der Waals surface area contributed by atoms with E-state index in [1.54, 1.807) is 0 Å². The Morgan fingerprint density at radius 1 is 1.30 bits per heavy atom. The molecule has 3 rings (SSSR count). The van der Waals surface area contributed by atoms with Crippen molar-refractivity contribution in [3.05, 3.63) is 34.3 Å². The van der Waals surface area contributed by atoms with Gasteiger partial charge < -0.3 is 10.6 Å². The van der Waals surface area contributed by atoms with Gasteiger partial charge in [0, 0.05) is 34.9 Å². The second kappa shape index (κ2) is 6.94. The van der Waals surface area contributed by atoms with Crippen molar-refractivity contribution in [3.8, 4) is 0 Å². The van der Waals surface area contributed by atoms with Crippen LogP contribution < -0.4 is 10.6 Å². The number of halogens is 1. The number of hydrogen-bond acceptors (Lipinski definition) is 2. The summed E-state index contributed by atoms with van der Waals surface area (Å²) in [5, 5.41) is 6.80. The molecule has 2 atom stereocenters. The van der Waals surface area contributed by atoms with Gasteiger partial charge in [-0.3, -0.25) is 4.79 Å². The lowest BCUT2D eigenvalue weighted by Crippen LogP contribution is -2.41. The second-order valence-corrected chi connectivity index (χ2v) is 8.77. The number of benzene rings is 1. The normalized spacial score (nSPS) is 27.0. The number of carbonyl (C=O) groups excluding carboxylic acids is 1. The predicted octanol–water partition coefficient (Wildman–Crippen LogP) is 3.76. The number of carbonyl (C=O) groups is 1. The fourth-order valence-electron chi connectivity index (χ4n) is 4.01. The minimum Gasteiger partial charge on any atom is -0.355 e. The van der Waals surface area contributed by atoms with Crippen LogP contribution in [0.4, 0.5) is 0 Å². The third kappa shape index (κ3) is 4.36. The van der Waals surface area contributed by atoms with Gasteiger partial charge in [-0.25, -0.2) is 0 Å². The number of amides is 1. The summed E-state index contributed by atoms with van der Waals surface area (Å²) in [6.45, 7) is 5.04. The van der Waals surface area contributed by atoms with E-state index in [0.29, 0.717) is 31.0 Å². The molecule has 2 aliphatic heterocycles. The fraction of sp³-hybridized carbons (Fsp3) is 0.632. The molecule has 2 unspecified atom stereocenters. The topological polar surface area (TPSA) is 41.1 Å². The molecule has 0 spiro atoms. The van der Waals surface area contributed by atoms with E-state index in [2.05, 4.69) is 52.5 Å². The van der Waals surface area contributed by atoms with Crippen LogP contribution in [-0.2, 0) is 10.2 Å². The lowest BCUT2D eigenvalue weighted by atomic mass is 9.84. The molecule has 2 bridgehead atoms. The molecule has 2 aliphatic rings. The van der Waals surface area contributed by atoms with Crippen LogP contribution >= 0.6 is 15.9 Å². The molecule has 4 heteroatoms. The van der Waals surface area contributed by atoms with Gasteiger partial charge in [0.2, 0.25) is 5.91 Å². The van der Waals surface area contributed by atoms with Crippen LogP contribution in [0.3, 0.4) is 0 Å². The molecule has 3 nitrogen and oxygen atoms in total. The summed E-state index contributed by atoms with van der Waals surface area (Å²) in [5.41, 5.74) is 1.18. The van der Waals surface area contributed by atoms with Crippen molar-refractivity contribution in [3.63, 3.8) is 0 Å². The standard InChI is InChI=1S/C19H27BrN2O/c1-19(2,14-4-3-5-15(20)11-14)12-21-18(23)10-13-8-16-6-7-17(9-13)22-16/h3-5,11,13,16-17,22H,6-10,12H2,1-2H3,(H,21,23). The fourth-order valence-corrected chi connectivity index (χ4v) is 4.41. The summed E-state index contributed by atoms with van der Waals surface area (Å²) in [6, 6.07) is 9.66. The Bertz CT molecular complexity index is 560. The first kappa shape index (κ1) is 17.0. The highest BCUT2D eigenvalue weighted by molar-refractivity contribution is 9.10. The summed E-state index contributed by atoms with van der Waals surface area (Å²) >= 11 is 3.52. The van der Waals surface area contributed by atoms with Crippen LogP contribution in [0.1, 0.15) is 51.5 Å². The zero-order valence-corrected chi connectivity index (χ0v) is 15.7. The van der Waals surface area contributed by atoms with Crippen LogP contribution in [-0.4, -0.2) is 24.5 Å². The zero-order valence-electron chi connectivity index (χ0n) is 14.1. The number of fused-ring (bicyclic) bond motifs is 2. The van der Waals surface area contributed by atoms with Crippen molar-refractivity contribution in [1.82, 2.24) is 10.6 Å². The zero-order chi connectivity index (χ0) is 16.4. The van der Waals surface area contributed by atoms with E-state index in [4.69, 9.17) is 0 Å². The van der Waals surface area contributed by atoms with Gasteiger partial charge in [0.25, 0.3) is 0 Å². The Hall–Kier alpha value is -0.870. The molecule has 2 heterocycles. The maximum atomic E-state index is 12.3. The molecule has 0 radical (unpaired) electrons. The minimum atomic E-state index is -0.0629. The molecule has 23 heavy (non-hydrogen) atoms. The summed E-state index contributed by atoms with van der Waals surface area (Å²) in [5.74, 6) is 0.766. The molecule has 1 amide bonds. The third-order valence-corrected chi connectivity index (χ3v) is 5.87. The van der Waals surface area contributed by atoms with Crippen molar-refractivity contribution < 1.29 is 4.79 Å². The van der Waals surface area contributed by atoms with Gasteiger partial charge >= 0.3 is 0 Å². The maximum Gasteiger partial charge on any atom is 0.220 e. The van der Waals surface area contributed by atoms with Gasteiger partial charge in [-0.15, -0.1) is 0 Å². The highest BCUT2D eigenvalue weighted by Gasteiger charge is 2.34. The Labute approximate surface area is 147 Å². The van der Waals surface area contributed by atoms with Gasteiger partial charge in [-0.1, -0.05) is 41.9 Å². The smallest absolute Gasteiger partial charge is 0.220 e. The quantitative estimate of drug-likeness (QED) is 0.818. The summed E-state index contributed by atoms with van der Waals surface area (Å²) in [4.78, 5) is 12.3.